The van der Waals surface area contributed by atoms with Gasteiger partial charge in [-0.2, -0.15) is 0 Å². The molecule has 0 fully saturated rings. The van der Waals surface area contributed by atoms with Gasteiger partial charge < -0.3 is 4.42 Å². The molecule has 0 aromatic carbocycles. The van der Waals surface area contributed by atoms with Gasteiger partial charge in [0, 0.05) is 11.6 Å². The minimum atomic E-state index is -0.318. The van der Waals surface area contributed by atoms with Gasteiger partial charge in [0.25, 0.3) is 0 Å². The van der Waals surface area contributed by atoms with Crippen molar-refractivity contribution in [2.75, 3.05) is 0 Å². The fourth-order valence-electron chi connectivity index (χ4n) is 1.16. The van der Waals surface area contributed by atoms with Crippen molar-refractivity contribution in [2.24, 2.45) is 0 Å². The van der Waals surface area contributed by atoms with Gasteiger partial charge >= 0.3 is 5.63 Å². The SMILES string of the molecule is O=c1cc2c(co1)\C=C/C=C\C=C/2. The van der Waals surface area contributed by atoms with E-state index in [1.165, 1.54) is 12.3 Å². The van der Waals surface area contributed by atoms with Crippen LogP contribution in [0.3, 0.4) is 0 Å². The Bertz CT molecular complexity index is 447. The Kier molecular flexibility index (Phi) is 1.96. The molecule has 0 N–H and O–H groups in total. The van der Waals surface area contributed by atoms with Crippen molar-refractivity contribution in [3.8, 4) is 0 Å². The molecule has 1 aromatic heterocycles. The van der Waals surface area contributed by atoms with Crippen LogP contribution in [0.4, 0.5) is 0 Å². The first-order valence-electron chi connectivity index (χ1n) is 4.00. The summed E-state index contributed by atoms with van der Waals surface area (Å²) in [5.74, 6) is 0. The fraction of sp³-hybridized carbons (Fsp3) is 0. The van der Waals surface area contributed by atoms with Crippen LogP contribution < -0.4 is 5.63 Å². The number of hydrogen-bond donors (Lipinski definition) is 0. The van der Waals surface area contributed by atoms with Crippen LogP contribution in [-0.4, -0.2) is 0 Å². The van der Waals surface area contributed by atoms with Crippen LogP contribution in [0.15, 0.2) is 45.8 Å². The van der Waals surface area contributed by atoms with Crippen molar-refractivity contribution < 1.29 is 4.42 Å². The molecule has 0 bridgehead atoms. The molecule has 1 aromatic rings. The number of hydrogen-bond acceptors (Lipinski definition) is 2. The van der Waals surface area contributed by atoms with Gasteiger partial charge in [0.15, 0.2) is 0 Å². The van der Waals surface area contributed by atoms with Crippen LogP contribution in [0.25, 0.3) is 12.2 Å². The largest absolute Gasteiger partial charge is 0.431 e. The third-order valence-electron chi connectivity index (χ3n) is 1.79. The van der Waals surface area contributed by atoms with Crippen LogP contribution in [-0.2, 0) is 0 Å². The van der Waals surface area contributed by atoms with Gasteiger partial charge in [-0.1, -0.05) is 36.5 Å². The van der Waals surface area contributed by atoms with Gasteiger partial charge in [0.1, 0.15) is 6.26 Å². The lowest BCUT2D eigenvalue weighted by atomic mass is 10.1. The zero-order valence-electron chi connectivity index (χ0n) is 6.94. The molecule has 0 aliphatic heterocycles. The number of rotatable bonds is 0. The van der Waals surface area contributed by atoms with E-state index in [9.17, 15) is 4.79 Å². The van der Waals surface area contributed by atoms with Crippen molar-refractivity contribution in [3.05, 3.63) is 58.2 Å². The van der Waals surface area contributed by atoms with E-state index in [0.29, 0.717) is 0 Å². The molecular formula is C11H8O2. The molecule has 1 aliphatic carbocycles. The van der Waals surface area contributed by atoms with E-state index in [1.807, 2.05) is 36.5 Å². The van der Waals surface area contributed by atoms with E-state index in [4.69, 9.17) is 4.42 Å². The summed E-state index contributed by atoms with van der Waals surface area (Å²) in [6.45, 7) is 0. The lowest BCUT2D eigenvalue weighted by Gasteiger charge is -1.98. The third kappa shape index (κ3) is 1.67. The van der Waals surface area contributed by atoms with Gasteiger partial charge in [-0.05, 0) is 5.56 Å². The van der Waals surface area contributed by atoms with Crippen molar-refractivity contribution in [2.45, 2.75) is 0 Å². The second-order valence-corrected chi connectivity index (χ2v) is 2.71. The van der Waals surface area contributed by atoms with Crippen molar-refractivity contribution >= 4 is 12.2 Å². The molecule has 1 heterocycles. The molecule has 0 unspecified atom stereocenters. The zero-order valence-corrected chi connectivity index (χ0v) is 6.94. The van der Waals surface area contributed by atoms with Crippen LogP contribution in [0.2, 0.25) is 0 Å². The first-order chi connectivity index (χ1) is 6.36. The minimum absolute atomic E-state index is 0.318. The van der Waals surface area contributed by atoms with Crippen LogP contribution in [0.5, 0.6) is 0 Å². The van der Waals surface area contributed by atoms with Gasteiger partial charge in [-0.3, -0.25) is 0 Å². The van der Waals surface area contributed by atoms with Crippen molar-refractivity contribution in [1.82, 2.24) is 0 Å². The zero-order chi connectivity index (χ0) is 9.10. The Labute approximate surface area is 75.5 Å². The second-order valence-electron chi connectivity index (χ2n) is 2.71. The van der Waals surface area contributed by atoms with Gasteiger partial charge in [-0.15, -0.1) is 0 Å². The lowest BCUT2D eigenvalue weighted by molar-refractivity contribution is 0.509. The molecule has 0 radical (unpaired) electrons. The van der Waals surface area contributed by atoms with Gasteiger partial charge in [0.05, 0.1) is 0 Å². The summed E-state index contributed by atoms with van der Waals surface area (Å²) in [6.07, 6.45) is 12.9. The Balaban J connectivity index is 2.62. The molecule has 2 rings (SSSR count). The number of allylic oxidation sites excluding steroid dienone is 4. The van der Waals surface area contributed by atoms with E-state index in [-0.39, 0.29) is 5.63 Å². The molecule has 0 saturated carbocycles. The van der Waals surface area contributed by atoms with E-state index in [0.717, 1.165) is 11.1 Å². The lowest BCUT2D eigenvalue weighted by Crippen LogP contribution is -1.97. The maximum Gasteiger partial charge on any atom is 0.336 e. The van der Waals surface area contributed by atoms with E-state index >= 15 is 0 Å². The highest BCUT2D eigenvalue weighted by Crippen LogP contribution is 2.12. The summed E-state index contributed by atoms with van der Waals surface area (Å²) in [5.41, 5.74) is 1.48. The molecule has 1 aliphatic rings. The molecule has 0 spiro atoms. The smallest absolute Gasteiger partial charge is 0.336 e. The fourth-order valence-corrected chi connectivity index (χ4v) is 1.16. The normalized spacial score (nSPS) is 20.9. The molecule has 64 valence electrons. The summed E-state index contributed by atoms with van der Waals surface area (Å²) in [6, 6.07) is 1.48. The Morgan fingerprint density at radius 1 is 0.923 bits per heavy atom. The Hall–Kier alpha value is -1.83. The van der Waals surface area contributed by atoms with Crippen molar-refractivity contribution in [3.63, 3.8) is 0 Å². The maximum atomic E-state index is 10.9. The molecule has 0 amide bonds. The predicted molar refractivity (Wildman–Crippen MR) is 52.2 cm³/mol. The predicted octanol–water partition coefficient (Wildman–Crippen LogP) is 2.24. The summed E-state index contributed by atoms with van der Waals surface area (Å²) in [4.78, 5) is 10.9. The van der Waals surface area contributed by atoms with Crippen LogP contribution in [0.1, 0.15) is 11.1 Å². The minimum Gasteiger partial charge on any atom is -0.431 e. The molecule has 2 heteroatoms. The molecule has 2 nitrogen and oxygen atoms in total. The topological polar surface area (TPSA) is 30.2 Å². The molecule has 0 saturated heterocycles. The maximum absolute atomic E-state index is 10.9. The summed E-state index contributed by atoms with van der Waals surface area (Å²) < 4.78 is 4.76. The second kappa shape index (κ2) is 3.27. The third-order valence-corrected chi connectivity index (χ3v) is 1.79. The summed E-state index contributed by atoms with van der Waals surface area (Å²) in [5, 5.41) is 0. The Morgan fingerprint density at radius 2 is 1.62 bits per heavy atom. The average molecular weight is 172 g/mol. The summed E-state index contributed by atoms with van der Waals surface area (Å²) >= 11 is 0. The average Bonchev–Trinajstić information content (AvgIpc) is 2.08. The molecular weight excluding hydrogens is 164 g/mol. The first-order valence-corrected chi connectivity index (χ1v) is 4.00. The van der Waals surface area contributed by atoms with Crippen LogP contribution >= 0.6 is 0 Å². The molecule has 0 atom stereocenters. The Morgan fingerprint density at radius 3 is 2.38 bits per heavy atom. The molecule has 13 heavy (non-hydrogen) atoms. The number of fused-ring (bicyclic) bond motifs is 1. The van der Waals surface area contributed by atoms with E-state index in [2.05, 4.69) is 0 Å². The van der Waals surface area contributed by atoms with Crippen molar-refractivity contribution in [1.29, 1.82) is 0 Å². The first kappa shape index (κ1) is 7.80. The highest BCUT2D eigenvalue weighted by atomic mass is 16.4. The highest BCUT2D eigenvalue weighted by molar-refractivity contribution is 5.66. The van der Waals surface area contributed by atoms with E-state index in [1.54, 1.807) is 0 Å². The van der Waals surface area contributed by atoms with Crippen LogP contribution in [0, 0.1) is 0 Å². The van der Waals surface area contributed by atoms with Gasteiger partial charge in [0.2, 0.25) is 0 Å². The summed E-state index contributed by atoms with van der Waals surface area (Å²) in [7, 11) is 0. The van der Waals surface area contributed by atoms with Gasteiger partial charge in [-0.25, -0.2) is 4.79 Å². The van der Waals surface area contributed by atoms with E-state index < -0.39 is 0 Å². The standard InChI is InChI=1S/C11H8O2/c12-11-7-9-5-3-1-2-4-6-10(9)8-13-11/h1-8H/b2-1-,5-3-,6-4-. The quantitative estimate of drug-likeness (QED) is 0.600. The monoisotopic (exact) mass is 172 g/mol. The highest BCUT2D eigenvalue weighted by Gasteiger charge is 1.98.